The minimum absolute atomic E-state index is 0.0319. The smallest absolute Gasteiger partial charge is 0.339 e. The third kappa shape index (κ3) is 5.58. The molecule has 0 aliphatic carbocycles. The first-order valence-corrected chi connectivity index (χ1v) is 9.94. The lowest BCUT2D eigenvalue weighted by Crippen LogP contribution is -2.26. The van der Waals surface area contributed by atoms with Crippen molar-refractivity contribution in [2.45, 2.75) is 6.10 Å². The molecule has 0 bridgehead atoms. The summed E-state index contributed by atoms with van der Waals surface area (Å²) >= 11 is 6.08. The number of carbonyl (C=O) groups is 2. The van der Waals surface area contributed by atoms with E-state index in [4.69, 9.17) is 25.8 Å². The Morgan fingerprint density at radius 2 is 1.67 bits per heavy atom. The van der Waals surface area contributed by atoms with Crippen molar-refractivity contribution in [2.75, 3.05) is 19.5 Å². The first kappa shape index (κ1) is 23.6. The topological polar surface area (TPSA) is 117 Å². The fraction of sp³-hybridized carbons (Fsp3) is 0.130. The molecule has 0 radical (unpaired) electrons. The molecule has 0 saturated heterocycles. The van der Waals surface area contributed by atoms with Crippen molar-refractivity contribution in [3.63, 3.8) is 0 Å². The molecule has 3 aromatic carbocycles. The average Bonchev–Trinajstić information content (AvgIpc) is 2.83. The number of ether oxygens (including phenoxy) is 3. The van der Waals surface area contributed by atoms with Crippen molar-refractivity contribution in [3.05, 3.63) is 93.0 Å². The van der Waals surface area contributed by atoms with Gasteiger partial charge in [0.15, 0.2) is 11.5 Å². The fourth-order valence-electron chi connectivity index (χ4n) is 2.96. The van der Waals surface area contributed by atoms with Crippen molar-refractivity contribution in [3.8, 4) is 11.5 Å². The summed E-state index contributed by atoms with van der Waals surface area (Å²) in [4.78, 5) is 36.2. The Morgan fingerprint density at radius 1 is 0.970 bits per heavy atom. The van der Waals surface area contributed by atoms with Crippen LogP contribution in [-0.4, -0.2) is 31.0 Å². The maximum atomic E-state index is 13.0. The summed E-state index contributed by atoms with van der Waals surface area (Å²) in [5, 5.41) is 13.4. The van der Waals surface area contributed by atoms with Crippen LogP contribution in [0, 0.1) is 10.1 Å². The van der Waals surface area contributed by atoms with Gasteiger partial charge in [0.2, 0.25) is 6.10 Å². The number of nitrogens with one attached hydrogen (secondary N) is 1. The van der Waals surface area contributed by atoms with Crippen LogP contribution in [0.4, 0.5) is 11.4 Å². The highest BCUT2D eigenvalue weighted by molar-refractivity contribution is 6.34. The van der Waals surface area contributed by atoms with E-state index < -0.39 is 22.9 Å². The van der Waals surface area contributed by atoms with Gasteiger partial charge in [0, 0.05) is 17.7 Å². The molecule has 170 valence electrons. The van der Waals surface area contributed by atoms with Gasteiger partial charge in [-0.2, -0.15) is 0 Å². The summed E-state index contributed by atoms with van der Waals surface area (Å²) < 4.78 is 15.9. The molecule has 0 aliphatic rings. The van der Waals surface area contributed by atoms with Crippen molar-refractivity contribution in [1.29, 1.82) is 0 Å². The second kappa shape index (κ2) is 10.5. The van der Waals surface area contributed by atoms with E-state index in [1.165, 1.54) is 38.5 Å². The third-order valence-electron chi connectivity index (χ3n) is 4.61. The maximum absolute atomic E-state index is 13.0. The number of nitro benzene ring substituents is 1. The normalized spacial score (nSPS) is 11.2. The largest absolute Gasteiger partial charge is 0.493 e. The summed E-state index contributed by atoms with van der Waals surface area (Å²) in [6.07, 6.45) is -1.32. The van der Waals surface area contributed by atoms with Gasteiger partial charge in [-0.15, -0.1) is 0 Å². The van der Waals surface area contributed by atoms with Crippen LogP contribution in [0.15, 0.2) is 66.7 Å². The Morgan fingerprint density at radius 3 is 2.27 bits per heavy atom. The monoisotopic (exact) mass is 470 g/mol. The molecule has 1 N–H and O–H groups in total. The lowest BCUT2D eigenvalue weighted by molar-refractivity contribution is -0.384. The highest BCUT2D eigenvalue weighted by atomic mass is 35.5. The molecule has 33 heavy (non-hydrogen) atoms. The zero-order valence-corrected chi connectivity index (χ0v) is 18.4. The van der Waals surface area contributed by atoms with E-state index in [9.17, 15) is 19.7 Å². The van der Waals surface area contributed by atoms with E-state index in [0.29, 0.717) is 17.1 Å². The van der Waals surface area contributed by atoms with E-state index in [2.05, 4.69) is 5.32 Å². The number of rotatable bonds is 8. The molecule has 1 unspecified atom stereocenters. The summed E-state index contributed by atoms with van der Waals surface area (Å²) in [5.41, 5.74) is 0.476. The van der Waals surface area contributed by atoms with Crippen LogP contribution in [0.1, 0.15) is 22.0 Å². The molecule has 0 aromatic heterocycles. The number of halogens is 1. The van der Waals surface area contributed by atoms with Crippen LogP contribution in [0.3, 0.4) is 0 Å². The molecule has 0 heterocycles. The summed E-state index contributed by atoms with van der Waals surface area (Å²) in [5.74, 6) is -0.704. The number of benzene rings is 3. The summed E-state index contributed by atoms with van der Waals surface area (Å²) in [6, 6.07) is 16.5. The van der Waals surface area contributed by atoms with Crippen LogP contribution in [0.25, 0.3) is 0 Å². The van der Waals surface area contributed by atoms with E-state index in [0.717, 1.165) is 6.07 Å². The van der Waals surface area contributed by atoms with Crippen LogP contribution < -0.4 is 14.8 Å². The van der Waals surface area contributed by atoms with Gasteiger partial charge in [-0.25, -0.2) is 4.79 Å². The second-order valence-corrected chi connectivity index (χ2v) is 7.08. The first-order valence-electron chi connectivity index (χ1n) is 9.56. The van der Waals surface area contributed by atoms with Crippen molar-refractivity contribution in [1.82, 2.24) is 0 Å². The van der Waals surface area contributed by atoms with E-state index in [1.807, 2.05) is 0 Å². The maximum Gasteiger partial charge on any atom is 0.339 e. The third-order valence-corrected chi connectivity index (χ3v) is 4.92. The molecule has 0 spiro atoms. The summed E-state index contributed by atoms with van der Waals surface area (Å²) in [6.45, 7) is 0. The predicted molar refractivity (Wildman–Crippen MR) is 121 cm³/mol. The number of anilines is 1. The van der Waals surface area contributed by atoms with Gasteiger partial charge in [0.05, 0.1) is 35.4 Å². The number of non-ortho nitro benzene ring substituents is 1. The molecular formula is C23H19ClN2O7. The molecule has 9 nitrogen and oxygen atoms in total. The molecule has 0 aliphatic heterocycles. The number of hydrogen-bond acceptors (Lipinski definition) is 7. The van der Waals surface area contributed by atoms with Gasteiger partial charge >= 0.3 is 5.97 Å². The lowest BCUT2D eigenvalue weighted by atomic mass is 10.1. The fourth-order valence-corrected chi connectivity index (χ4v) is 3.18. The number of esters is 1. The van der Waals surface area contributed by atoms with Crippen LogP contribution in [0.2, 0.25) is 5.02 Å². The Bertz CT molecular complexity index is 1180. The van der Waals surface area contributed by atoms with Crippen molar-refractivity contribution in [2.24, 2.45) is 0 Å². The SMILES string of the molecule is COc1ccc(C(=O)OC(C(=O)Nc2ccc([N+](=O)[O-])cc2Cl)c2ccccc2)cc1OC. The Labute approximate surface area is 194 Å². The van der Waals surface area contributed by atoms with E-state index in [1.54, 1.807) is 36.4 Å². The van der Waals surface area contributed by atoms with Crippen molar-refractivity contribution < 1.29 is 28.7 Å². The minimum Gasteiger partial charge on any atom is -0.493 e. The highest BCUT2D eigenvalue weighted by Gasteiger charge is 2.27. The molecule has 1 amide bonds. The minimum atomic E-state index is -1.32. The van der Waals surface area contributed by atoms with E-state index in [-0.39, 0.29) is 22.0 Å². The molecular weight excluding hydrogens is 452 g/mol. The van der Waals surface area contributed by atoms with Gasteiger partial charge in [-0.05, 0) is 24.3 Å². The number of methoxy groups -OCH3 is 2. The predicted octanol–water partition coefficient (Wildman–Crippen LogP) is 4.80. The second-order valence-electron chi connectivity index (χ2n) is 6.68. The Balaban J connectivity index is 1.87. The Kier molecular flexibility index (Phi) is 7.47. The van der Waals surface area contributed by atoms with Gasteiger partial charge < -0.3 is 19.5 Å². The molecule has 0 fully saturated rings. The highest BCUT2D eigenvalue weighted by Crippen LogP contribution is 2.31. The van der Waals surface area contributed by atoms with Crippen LogP contribution >= 0.6 is 11.6 Å². The average molecular weight is 471 g/mol. The Hall–Kier alpha value is -4.11. The van der Waals surface area contributed by atoms with Gasteiger partial charge in [-0.1, -0.05) is 41.9 Å². The number of hydrogen-bond donors (Lipinski definition) is 1. The molecule has 1 atom stereocenters. The lowest BCUT2D eigenvalue weighted by Gasteiger charge is -2.19. The van der Waals surface area contributed by atoms with Crippen LogP contribution in [-0.2, 0) is 9.53 Å². The van der Waals surface area contributed by atoms with E-state index >= 15 is 0 Å². The standard InChI is InChI=1S/C23H19ClN2O7/c1-31-19-11-8-15(12-20(19)32-2)23(28)33-21(14-6-4-3-5-7-14)22(27)25-18-10-9-16(26(29)30)13-17(18)24/h3-13,21H,1-2H3,(H,25,27). The van der Waals surface area contributed by atoms with Gasteiger partial charge in [0.1, 0.15) is 0 Å². The number of nitrogens with zero attached hydrogens (tertiary/aromatic N) is 1. The quantitative estimate of drug-likeness (QED) is 0.285. The molecule has 0 saturated carbocycles. The van der Waals surface area contributed by atoms with Gasteiger partial charge in [-0.3, -0.25) is 14.9 Å². The molecule has 3 aromatic rings. The molecule has 3 rings (SSSR count). The summed E-state index contributed by atoms with van der Waals surface area (Å²) in [7, 11) is 2.90. The molecule has 10 heteroatoms. The van der Waals surface area contributed by atoms with Crippen molar-refractivity contribution >= 4 is 34.9 Å². The zero-order valence-electron chi connectivity index (χ0n) is 17.6. The number of amides is 1. The first-order chi connectivity index (χ1) is 15.8. The number of nitro groups is 1. The number of carbonyl (C=O) groups excluding carboxylic acids is 2. The zero-order chi connectivity index (χ0) is 24.0. The van der Waals surface area contributed by atoms with Gasteiger partial charge in [0.25, 0.3) is 11.6 Å². The van der Waals surface area contributed by atoms with Crippen LogP contribution in [0.5, 0.6) is 11.5 Å².